The molecule has 1 aliphatic rings. The van der Waals surface area contributed by atoms with E-state index in [1.165, 1.54) is 22.4 Å². The average molecular weight is 397 g/mol. The Bertz CT molecular complexity index is 1110. The second kappa shape index (κ2) is 7.75. The van der Waals surface area contributed by atoms with E-state index in [9.17, 15) is 14.0 Å². The van der Waals surface area contributed by atoms with Gasteiger partial charge >= 0.3 is 0 Å². The minimum atomic E-state index is -0.387. The molecule has 28 heavy (non-hydrogen) atoms. The van der Waals surface area contributed by atoms with Gasteiger partial charge in [0, 0.05) is 13.1 Å². The number of para-hydroxylation sites is 1. The van der Waals surface area contributed by atoms with Gasteiger partial charge in [-0.15, -0.1) is 0 Å². The number of nitrogens with zero attached hydrogens (tertiary/aromatic N) is 3. The number of halogens is 1. The number of likely N-dealkylation sites (tertiary alicyclic amines) is 1. The number of rotatable bonds is 4. The summed E-state index contributed by atoms with van der Waals surface area (Å²) in [7, 11) is 0. The third-order valence-corrected chi connectivity index (χ3v) is 5.87. The molecule has 1 saturated heterocycles. The highest BCUT2D eigenvalue weighted by Crippen LogP contribution is 2.23. The summed E-state index contributed by atoms with van der Waals surface area (Å²) in [5.41, 5.74) is 1.20. The number of hydrogen-bond donors (Lipinski definition) is 0. The molecule has 0 unspecified atom stereocenters. The quantitative estimate of drug-likeness (QED) is 0.499. The molecular weight excluding hydrogens is 377 g/mol. The zero-order chi connectivity index (χ0) is 19.7. The van der Waals surface area contributed by atoms with Gasteiger partial charge in [0.2, 0.25) is 5.91 Å². The number of fused-ring (bicyclic) bond motifs is 1. The first kappa shape index (κ1) is 18.7. The number of carbonyl (C=O) groups excluding carboxylic acids is 1. The lowest BCUT2D eigenvalue weighted by Crippen LogP contribution is -2.29. The van der Waals surface area contributed by atoms with Crippen LogP contribution in [0.1, 0.15) is 18.4 Å². The van der Waals surface area contributed by atoms with Crippen molar-refractivity contribution in [2.24, 2.45) is 0 Å². The summed E-state index contributed by atoms with van der Waals surface area (Å²) in [6, 6.07) is 11.7. The van der Waals surface area contributed by atoms with Gasteiger partial charge in [0.05, 0.1) is 22.3 Å². The van der Waals surface area contributed by atoms with Crippen molar-refractivity contribution < 1.29 is 9.18 Å². The topological polar surface area (TPSA) is 55.2 Å². The lowest BCUT2D eigenvalue weighted by atomic mass is 10.2. The molecule has 0 bridgehead atoms. The smallest absolute Gasteiger partial charge is 0.266 e. The van der Waals surface area contributed by atoms with Crippen LogP contribution in [0, 0.1) is 12.7 Å². The van der Waals surface area contributed by atoms with Crippen molar-refractivity contribution in [2.75, 3.05) is 18.8 Å². The second-order valence-electron chi connectivity index (χ2n) is 6.86. The summed E-state index contributed by atoms with van der Waals surface area (Å²) in [4.78, 5) is 32.0. The Morgan fingerprint density at radius 2 is 1.93 bits per heavy atom. The van der Waals surface area contributed by atoms with Gasteiger partial charge in [-0.1, -0.05) is 30.0 Å². The van der Waals surface area contributed by atoms with Gasteiger partial charge in [-0.25, -0.2) is 9.37 Å². The summed E-state index contributed by atoms with van der Waals surface area (Å²) in [5, 5.41) is 0.846. The van der Waals surface area contributed by atoms with Crippen molar-refractivity contribution in [3.05, 3.63) is 64.2 Å². The number of aryl methyl sites for hydroxylation is 1. The maximum absolute atomic E-state index is 14.2. The third kappa shape index (κ3) is 3.54. The van der Waals surface area contributed by atoms with Crippen LogP contribution in [0.4, 0.5) is 4.39 Å². The van der Waals surface area contributed by atoms with Crippen LogP contribution in [0.25, 0.3) is 16.6 Å². The van der Waals surface area contributed by atoms with E-state index in [2.05, 4.69) is 4.98 Å². The van der Waals surface area contributed by atoms with E-state index >= 15 is 0 Å². The van der Waals surface area contributed by atoms with Crippen molar-refractivity contribution in [2.45, 2.75) is 24.9 Å². The van der Waals surface area contributed by atoms with Crippen LogP contribution < -0.4 is 5.56 Å². The van der Waals surface area contributed by atoms with E-state index in [1.54, 1.807) is 37.3 Å². The summed E-state index contributed by atoms with van der Waals surface area (Å²) >= 11 is 1.21. The fourth-order valence-electron chi connectivity index (χ4n) is 3.34. The normalized spacial score (nSPS) is 14.0. The first-order valence-corrected chi connectivity index (χ1v) is 10.2. The Morgan fingerprint density at radius 1 is 1.18 bits per heavy atom. The predicted molar refractivity (Wildman–Crippen MR) is 109 cm³/mol. The molecule has 2 aromatic carbocycles. The average Bonchev–Trinajstić information content (AvgIpc) is 3.23. The SMILES string of the molecule is Cc1ccc(-n2c(SCC(=O)N3CCCC3)nc3ccccc3c2=O)cc1F. The summed E-state index contributed by atoms with van der Waals surface area (Å²) in [6.45, 7) is 3.23. The monoisotopic (exact) mass is 397 g/mol. The molecule has 0 saturated carbocycles. The number of benzene rings is 2. The van der Waals surface area contributed by atoms with Crippen molar-refractivity contribution in [1.82, 2.24) is 14.5 Å². The Morgan fingerprint density at radius 3 is 2.68 bits per heavy atom. The van der Waals surface area contributed by atoms with E-state index in [0.717, 1.165) is 25.9 Å². The van der Waals surface area contributed by atoms with Gasteiger partial charge in [-0.05, 0) is 49.6 Å². The highest BCUT2D eigenvalue weighted by molar-refractivity contribution is 7.99. The molecule has 0 aliphatic carbocycles. The van der Waals surface area contributed by atoms with Crippen molar-refractivity contribution >= 4 is 28.6 Å². The lowest BCUT2D eigenvalue weighted by Gasteiger charge is -2.16. The van der Waals surface area contributed by atoms with Gasteiger partial charge in [0.15, 0.2) is 5.16 Å². The van der Waals surface area contributed by atoms with Crippen LogP contribution >= 0.6 is 11.8 Å². The van der Waals surface area contributed by atoms with Gasteiger partial charge in [0.25, 0.3) is 5.56 Å². The number of amides is 1. The highest BCUT2D eigenvalue weighted by atomic mass is 32.2. The molecule has 1 aliphatic heterocycles. The third-order valence-electron chi connectivity index (χ3n) is 4.94. The zero-order valence-corrected chi connectivity index (χ0v) is 16.3. The molecule has 1 fully saturated rings. The molecule has 1 amide bonds. The van der Waals surface area contributed by atoms with E-state index in [0.29, 0.717) is 27.3 Å². The van der Waals surface area contributed by atoms with Crippen LogP contribution in [0.5, 0.6) is 0 Å². The summed E-state index contributed by atoms with van der Waals surface area (Å²) < 4.78 is 15.6. The Labute approximate surface area is 166 Å². The van der Waals surface area contributed by atoms with E-state index in [-0.39, 0.29) is 23.0 Å². The molecular formula is C21H20FN3O2S. The standard InChI is InChI=1S/C21H20FN3O2S/c1-14-8-9-15(12-17(14)22)25-20(27)16-6-2-3-7-18(16)23-21(25)28-13-19(26)24-10-4-5-11-24/h2-3,6-9,12H,4-5,10-11,13H2,1H3. The van der Waals surface area contributed by atoms with Crippen LogP contribution in [0.2, 0.25) is 0 Å². The maximum atomic E-state index is 14.2. The first-order valence-electron chi connectivity index (χ1n) is 9.23. The number of carbonyl (C=O) groups is 1. The van der Waals surface area contributed by atoms with E-state index in [1.807, 2.05) is 11.0 Å². The molecule has 144 valence electrons. The maximum Gasteiger partial charge on any atom is 0.266 e. The fraction of sp³-hybridized carbons (Fsp3) is 0.286. The van der Waals surface area contributed by atoms with Crippen LogP contribution in [0.3, 0.4) is 0 Å². The molecule has 0 radical (unpaired) electrons. The molecule has 5 nitrogen and oxygen atoms in total. The highest BCUT2D eigenvalue weighted by Gasteiger charge is 2.20. The molecule has 7 heteroatoms. The first-order chi connectivity index (χ1) is 13.5. The number of hydrogen-bond acceptors (Lipinski definition) is 4. The van der Waals surface area contributed by atoms with E-state index < -0.39 is 0 Å². The van der Waals surface area contributed by atoms with Crippen LogP contribution in [0.15, 0.2) is 52.4 Å². The Kier molecular flexibility index (Phi) is 5.17. The van der Waals surface area contributed by atoms with Gasteiger partial charge in [-0.2, -0.15) is 0 Å². The van der Waals surface area contributed by atoms with Crippen LogP contribution in [-0.2, 0) is 4.79 Å². The number of aromatic nitrogens is 2. The van der Waals surface area contributed by atoms with Crippen molar-refractivity contribution in [3.8, 4) is 5.69 Å². The molecule has 0 atom stereocenters. The van der Waals surface area contributed by atoms with Gasteiger partial charge in [0.1, 0.15) is 5.82 Å². The minimum Gasteiger partial charge on any atom is -0.342 e. The fourth-order valence-corrected chi connectivity index (χ4v) is 4.26. The molecule has 0 N–H and O–H groups in total. The van der Waals surface area contributed by atoms with Gasteiger partial charge < -0.3 is 4.90 Å². The Balaban J connectivity index is 1.77. The Hall–Kier alpha value is -2.67. The van der Waals surface area contributed by atoms with Gasteiger partial charge in [-0.3, -0.25) is 14.2 Å². The largest absolute Gasteiger partial charge is 0.342 e. The van der Waals surface area contributed by atoms with E-state index in [4.69, 9.17) is 0 Å². The minimum absolute atomic E-state index is 0.0338. The summed E-state index contributed by atoms with van der Waals surface area (Å²) in [5.74, 6) is -0.160. The second-order valence-corrected chi connectivity index (χ2v) is 7.80. The molecule has 1 aromatic heterocycles. The van der Waals surface area contributed by atoms with Crippen molar-refractivity contribution in [1.29, 1.82) is 0 Å². The number of thioether (sulfide) groups is 1. The summed E-state index contributed by atoms with van der Waals surface area (Å²) in [6.07, 6.45) is 2.05. The molecule has 4 rings (SSSR count). The molecule has 3 aromatic rings. The zero-order valence-electron chi connectivity index (χ0n) is 15.5. The van der Waals surface area contributed by atoms with Crippen LogP contribution in [-0.4, -0.2) is 39.2 Å². The molecule has 0 spiro atoms. The van der Waals surface area contributed by atoms with Crippen molar-refractivity contribution in [3.63, 3.8) is 0 Å². The predicted octanol–water partition coefficient (Wildman–Crippen LogP) is 3.55. The molecule has 2 heterocycles. The lowest BCUT2D eigenvalue weighted by molar-refractivity contribution is -0.127.